The molecular formula is C20H18N6O2. The molecule has 3 aromatic heterocycles. The summed E-state index contributed by atoms with van der Waals surface area (Å²) in [5, 5.41) is 28.5. The average Bonchev–Trinajstić information content (AvgIpc) is 3.14. The summed E-state index contributed by atoms with van der Waals surface area (Å²) in [6, 6.07) is 7.80. The summed E-state index contributed by atoms with van der Waals surface area (Å²) >= 11 is 0. The van der Waals surface area contributed by atoms with Crippen LogP contribution >= 0.6 is 0 Å². The third kappa shape index (κ3) is 2.08. The van der Waals surface area contributed by atoms with Gasteiger partial charge in [-0.2, -0.15) is 10.4 Å². The van der Waals surface area contributed by atoms with Gasteiger partial charge < -0.3 is 10.4 Å². The first-order valence-electron chi connectivity index (χ1n) is 9.23. The maximum Gasteiger partial charge on any atom is 0.262 e. The smallest absolute Gasteiger partial charge is 0.262 e. The van der Waals surface area contributed by atoms with Crippen molar-refractivity contribution in [2.45, 2.75) is 43.7 Å². The number of nitriles is 1. The second-order valence-electron chi connectivity index (χ2n) is 7.66. The summed E-state index contributed by atoms with van der Waals surface area (Å²) in [5.41, 5.74) is 0.331. The van der Waals surface area contributed by atoms with Crippen molar-refractivity contribution in [3.05, 3.63) is 36.2 Å². The van der Waals surface area contributed by atoms with Crippen LogP contribution in [0.5, 0.6) is 0 Å². The maximum absolute atomic E-state index is 12.2. The number of hydrogen-bond acceptors (Lipinski definition) is 6. The van der Waals surface area contributed by atoms with Gasteiger partial charge in [0.15, 0.2) is 11.2 Å². The number of hydrogen-bond donors (Lipinski definition) is 2. The number of rotatable bonds is 3. The van der Waals surface area contributed by atoms with Crippen LogP contribution in [0.1, 0.15) is 38.2 Å². The summed E-state index contributed by atoms with van der Waals surface area (Å²) in [6.07, 6.45) is 6.46. The van der Waals surface area contributed by atoms with E-state index in [2.05, 4.69) is 21.4 Å². The van der Waals surface area contributed by atoms with E-state index in [0.717, 1.165) is 24.6 Å². The fourth-order valence-electron chi connectivity index (χ4n) is 4.27. The Bertz CT molecular complexity index is 1170. The lowest BCUT2D eigenvalue weighted by Crippen LogP contribution is -2.41. The number of fused-ring (bicyclic) bond motifs is 2. The molecule has 1 aliphatic heterocycles. The van der Waals surface area contributed by atoms with Crippen LogP contribution in [-0.2, 0) is 15.9 Å². The van der Waals surface area contributed by atoms with E-state index in [9.17, 15) is 15.2 Å². The third-order valence-corrected chi connectivity index (χ3v) is 5.95. The largest absolute Gasteiger partial charge is 0.375 e. The van der Waals surface area contributed by atoms with Gasteiger partial charge >= 0.3 is 0 Å². The zero-order valence-electron chi connectivity index (χ0n) is 15.3. The lowest BCUT2D eigenvalue weighted by Gasteiger charge is -2.40. The number of nitrogens with zero attached hydrogens (tertiary/aromatic N) is 5. The lowest BCUT2D eigenvalue weighted by atomic mass is 9.75. The normalized spacial score (nSPS) is 22.4. The highest BCUT2D eigenvalue weighted by Crippen LogP contribution is 2.46. The molecule has 1 aliphatic carbocycles. The molecule has 2 aliphatic rings. The molecule has 140 valence electrons. The van der Waals surface area contributed by atoms with Gasteiger partial charge in [0.1, 0.15) is 11.5 Å². The first kappa shape index (κ1) is 16.8. The highest BCUT2D eigenvalue weighted by atomic mass is 16.3. The molecule has 1 atom stereocenters. The Hall–Kier alpha value is -3.31. The van der Waals surface area contributed by atoms with Gasteiger partial charge in [0.05, 0.1) is 18.0 Å². The molecule has 8 nitrogen and oxygen atoms in total. The number of carbonyl (C=O) groups is 1. The van der Waals surface area contributed by atoms with E-state index in [1.54, 1.807) is 18.5 Å². The first-order chi connectivity index (χ1) is 13.5. The molecule has 1 fully saturated rings. The van der Waals surface area contributed by atoms with Crippen molar-refractivity contribution < 1.29 is 9.90 Å². The van der Waals surface area contributed by atoms with Crippen LogP contribution in [0.25, 0.3) is 22.3 Å². The minimum atomic E-state index is -1.70. The summed E-state index contributed by atoms with van der Waals surface area (Å²) in [7, 11) is 0. The molecule has 5 rings (SSSR count). The highest BCUT2D eigenvalue weighted by molar-refractivity contribution is 6.07. The van der Waals surface area contributed by atoms with E-state index in [4.69, 9.17) is 5.10 Å². The SMILES string of the molecule is C[C@@]1(O)C(=O)Nc2nccc(-c3nn(C4(CC#N)CCC4)c4ncccc34)c21. The zero-order valence-corrected chi connectivity index (χ0v) is 15.3. The molecule has 28 heavy (non-hydrogen) atoms. The van der Waals surface area contributed by atoms with E-state index >= 15 is 0 Å². The topological polar surface area (TPSA) is 117 Å². The van der Waals surface area contributed by atoms with Gasteiger partial charge in [0.25, 0.3) is 5.91 Å². The van der Waals surface area contributed by atoms with Gasteiger partial charge in [0, 0.05) is 28.9 Å². The molecule has 0 saturated heterocycles. The summed E-state index contributed by atoms with van der Waals surface area (Å²) < 4.78 is 1.87. The molecule has 2 N–H and O–H groups in total. The number of carbonyl (C=O) groups excluding carboxylic acids is 1. The molecule has 8 heteroatoms. The van der Waals surface area contributed by atoms with E-state index in [0.29, 0.717) is 34.7 Å². The van der Waals surface area contributed by atoms with Crippen LogP contribution in [0.15, 0.2) is 30.6 Å². The van der Waals surface area contributed by atoms with Crippen molar-refractivity contribution in [1.82, 2.24) is 19.7 Å². The molecule has 4 heterocycles. The van der Waals surface area contributed by atoms with Crippen molar-refractivity contribution in [2.24, 2.45) is 0 Å². The van der Waals surface area contributed by atoms with E-state index in [-0.39, 0.29) is 5.54 Å². The Labute approximate surface area is 160 Å². The minimum absolute atomic E-state index is 0.342. The van der Waals surface area contributed by atoms with Gasteiger partial charge in [0.2, 0.25) is 0 Å². The fourth-order valence-corrected chi connectivity index (χ4v) is 4.27. The number of aromatic nitrogens is 4. The average molecular weight is 374 g/mol. The molecule has 0 spiro atoms. The summed E-state index contributed by atoms with van der Waals surface area (Å²) in [4.78, 5) is 21.0. The first-order valence-corrected chi connectivity index (χ1v) is 9.23. The minimum Gasteiger partial charge on any atom is -0.375 e. The summed E-state index contributed by atoms with van der Waals surface area (Å²) in [5.74, 6) is -0.168. The molecule has 3 aromatic rings. The second kappa shape index (κ2) is 5.59. The van der Waals surface area contributed by atoms with Crippen LogP contribution < -0.4 is 5.32 Å². The van der Waals surface area contributed by atoms with Crippen molar-refractivity contribution in [2.75, 3.05) is 5.32 Å². The van der Waals surface area contributed by atoms with E-state index in [1.807, 2.05) is 16.8 Å². The van der Waals surface area contributed by atoms with Gasteiger partial charge in [-0.25, -0.2) is 14.6 Å². The molecule has 0 aromatic carbocycles. The number of pyridine rings is 2. The van der Waals surface area contributed by atoms with Crippen molar-refractivity contribution >= 4 is 22.8 Å². The fraction of sp³-hybridized carbons (Fsp3) is 0.350. The van der Waals surface area contributed by atoms with Crippen molar-refractivity contribution in [3.63, 3.8) is 0 Å². The number of anilines is 1. The highest BCUT2D eigenvalue weighted by Gasteiger charge is 2.45. The monoisotopic (exact) mass is 374 g/mol. The molecular weight excluding hydrogens is 356 g/mol. The predicted molar refractivity (Wildman–Crippen MR) is 101 cm³/mol. The quantitative estimate of drug-likeness (QED) is 0.727. The number of amides is 1. The summed E-state index contributed by atoms with van der Waals surface area (Å²) in [6.45, 7) is 1.46. The van der Waals surface area contributed by atoms with Gasteiger partial charge in [-0.15, -0.1) is 0 Å². The Morgan fingerprint density at radius 2 is 2.14 bits per heavy atom. The molecule has 0 radical (unpaired) electrons. The predicted octanol–water partition coefficient (Wildman–Crippen LogP) is 2.45. The van der Waals surface area contributed by atoms with E-state index < -0.39 is 11.5 Å². The zero-order chi connectivity index (χ0) is 19.5. The molecule has 1 amide bonds. The Kier molecular flexibility index (Phi) is 3.36. The van der Waals surface area contributed by atoms with Crippen molar-refractivity contribution in [3.8, 4) is 17.3 Å². The maximum atomic E-state index is 12.2. The second-order valence-corrected chi connectivity index (χ2v) is 7.66. The van der Waals surface area contributed by atoms with Crippen LogP contribution in [0, 0.1) is 11.3 Å². The van der Waals surface area contributed by atoms with Gasteiger partial charge in [-0.1, -0.05) is 0 Å². The van der Waals surface area contributed by atoms with Crippen molar-refractivity contribution in [1.29, 1.82) is 5.26 Å². The Balaban J connectivity index is 1.79. The van der Waals surface area contributed by atoms with Crippen LogP contribution in [0.4, 0.5) is 5.82 Å². The number of aliphatic hydroxyl groups is 1. The molecule has 0 unspecified atom stereocenters. The van der Waals surface area contributed by atoms with Crippen LogP contribution in [-0.4, -0.2) is 30.8 Å². The lowest BCUT2D eigenvalue weighted by molar-refractivity contribution is -0.131. The Morgan fingerprint density at radius 3 is 2.86 bits per heavy atom. The molecule has 1 saturated carbocycles. The third-order valence-electron chi connectivity index (χ3n) is 5.95. The number of nitrogens with one attached hydrogen (secondary N) is 1. The molecule has 0 bridgehead atoms. The van der Waals surface area contributed by atoms with Gasteiger partial charge in [-0.3, -0.25) is 4.79 Å². The van der Waals surface area contributed by atoms with E-state index in [1.165, 1.54) is 6.92 Å². The standard InChI is InChI=1S/C20H18N6O2/c1-19(28)14-12(5-11-22-16(14)24-18(19)27)15-13-4-2-10-23-17(13)26(25-15)20(8-9-21)6-3-7-20/h2,4-5,10-11,28H,3,6-8H2,1H3,(H,22,24,27)/t19-/m0/s1. The van der Waals surface area contributed by atoms with Crippen LogP contribution in [0.2, 0.25) is 0 Å². The Morgan fingerprint density at radius 1 is 1.32 bits per heavy atom. The van der Waals surface area contributed by atoms with Crippen LogP contribution in [0.3, 0.4) is 0 Å². The van der Waals surface area contributed by atoms with Gasteiger partial charge in [-0.05, 0) is 44.4 Å².